The minimum absolute atomic E-state index is 0.112. The molecule has 2 aliphatic rings. The van der Waals surface area contributed by atoms with Crippen molar-refractivity contribution in [3.8, 4) is 17.1 Å². The number of ether oxygens (including phenoxy) is 1. The minimum atomic E-state index is -0.251. The van der Waals surface area contributed by atoms with Crippen molar-refractivity contribution in [2.45, 2.75) is 25.9 Å². The Morgan fingerprint density at radius 3 is 2.57 bits per heavy atom. The molecule has 44 heavy (non-hydrogen) atoms. The quantitative estimate of drug-likeness (QED) is 0.259. The average Bonchev–Trinajstić information content (AvgIpc) is 3.49. The lowest BCUT2D eigenvalue weighted by Gasteiger charge is -2.35. The predicted molar refractivity (Wildman–Crippen MR) is 169 cm³/mol. The lowest BCUT2D eigenvalue weighted by Crippen LogP contribution is -2.48. The number of nitrogens with one attached hydrogen (secondary N) is 3. The number of piperazine rings is 1. The zero-order valence-electron chi connectivity index (χ0n) is 24.9. The number of aromatic amines is 1. The van der Waals surface area contributed by atoms with E-state index in [0.29, 0.717) is 47.5 Å². The summed E-state index contributed by atoms with van der Waals surface area (Å²) in [5, 5.41) is 7.03. The molecule has 228 valence electrons. The Kier molecular flexibility index (Phi) is 8.26. The standard InChI is InChI=1S/C31H36N10O3/c1-4-27(43)41-11-5-6-23(19-41)44-30-28-24(25-17-33-18-26(32-3)36-25)16-34-29(28)37-31(38-30)35-21-7-9-22(10-8-21)40-14-12-39(13-15-40)20(2)42/h4,7-10,16-18,23H,1,5-6,11-15,19H2,2-3H3,(H,32,36)(H2,34,35,37,38). The van der Waals surface area contributed by atoms with Crippen LogP contribution in [0.5, 0.6) is 5.88 Å². The second-order valence-electron chi connectivity index (χ2n) is 10.9. The van der Waals surface area contributed by atoms with Crippen molar-refractivity contribution in [1.82, 2.24) is 34.7 Å². The van der Waals surface area contributed by atoms with Crippen molar-refractivity contribution in [2.75, 3.05) is 61.8 Å². The van der Waals surface area contributed by atoms with Crippen LogP contribution in [0.25, 0.3) is 22.3 Å². The summed E-state index contributed by atoms with van der Waals surface area (Å²) in [4.78, 5) is 51.7. The molecule has 1 aromatic carbocycles. The van der Waals surface area contributed by atoms with Crippen LogP contribution in [0.4, 0.5) is 23.1 Å². The van der Waals surface area contributed by atoms with Gasteiger partial charge in [-0.15, -0.1) is 0 Å². The smallest absolute Gasteiger partial charge is 0.246 e. The largest absolute Gasteiger partial charge is 0.472 e. The van der Waals surface area contributed by atoms with Crippen molar-refractivity contribution in [2.24, 2.45) is 0 Å². The summed E-state index contributed by atoms with van der Waals surface area (Å²) >= 11 is 0. The van der Waals surface area contributed by atoms with E-state index in [1.54, 1.807) is 31.3 Å². The number of carbonyl (C=O) groups is 2. The molecule has 0 spiro atoms. The van der Waals surface area contributed by atoms with Crippen LogP contribution in [0.1, 0.15) is 19.8 Å². The van der Waals surface area contributed by atoms with Gasteiger partial charge in [-0.1, -0.05) is 6.58 Å². The number of anilines is 4. The average molecular weight is 597 g/mol. The second kappa shape index (κ2) is 12.6. The van der Waals surface area contributed by atoms with Gasteiger partial charge in [0.25, 0.3) is 0 Å². The van der Waals surface area contributed by atoms with Gasteiger partial charge in [-0.05, 0) is 43.2 Å². The van der Waals surface area contributed by atoms with Crippen molar-refractivity contribution in [3.63, 3.8) is 0 Å². The maximum Gasteiger partial charge on any atom is 0.246 e. The van der Waals surface area contributed by atoms with Crippen LogP contribution in [-0.2, 0) is 9.59 Å². The van der Waals surface area contributed by atoms with Gasteiger partial charge in [-0.3, -0.25) is 14.6 Å². The highest BCUT2D eigenvalue weighted by Gasteiger charge is 2.27. The van der Waals surface area contributed by atoms with Gasteiger partial charge in [0, 0.05) is 69.8 Å². The van der Waals surface area contributed by atoms with Crippen molar-refractivity contribution >= 4 is 46.0 Å². The predicted octanol–water partition coefficient (Wildman–Crippen LogP) is 3.42. The molecule has 13 heteroatoms. The molecule has 0 bridgehead atoms. The van der Waals surface area contributed by atoms with Crippen LogP contribution in [0.2, 0.25) is 0 Å². The Balaban J connectivity index is 1.28. The number of aromatic nitrogens is 5. The molecule has 2 aliphatic heterocycles. The summed E-state index contributed by atoms with van der Waals surface area (Å²) in [6.07, 6.45) is 7.85. The number of amides is 2. The highest BCUT2D eigenvalue weighted by molar-refractivity contribution is 5.97. The van der Waals surface area contributed by atoms with Crippen molar-refractivity contribution in [1.29, 1.82) is 0 Å². The first-order valence-corrected chi connectivity index (χ1v) is 14.8. The number of piperidine rings is 1. The fourth-order valence-electron chi connectivity index (χ4n) is 5.65. The summed E-state index contributed by atoms with van der Waals surface area (Å²) < 4.78 is 6.54. The van der Waals surface area contributed by atoms with E-state index in [2.05, 4.69) is 49.2 Å². The molecule has 1 unspecified atom stereocenters. The molecule has 0 radical (unpaired) electrons. The van der Waals surface area contributed by atoms with E-state index in [9.17, 15) is 9.59 Å². The molecule has 6 rings (SSSR count). The van der Waals surface area contributed by atoms with Crippen molar-refractivity contribution in [3.05, 3.63) is 55.5 Å². The number of hydrogen-bond donors (Lipinski definition) is 3. The van der Waals surface area contributed by atoms with E-state index in [0.717, 1.165) is 56.0 Å². The zero-order chi connectivity index (χ0) is 30.6. The maximum absolute atomic E-state index is 12.3. The van der Waals surface area contributed by atoms with Crippen molar-refractivity contribution < 1.29 is 14.3 Å². The number of H-pyrrole nitrogens is 1. The number of carbonyl (C=O) groups excluding carboxylic acids is 2. The summed E-state index contributed by atoms with van der Waals surface area (Å²) in [6.45, 7) is 9.37. The van der Waals surface area contributed by atoms with E-state index < -0.39 is 0 Å². The molecule has 1 atom stereocenters. The summed E-state index contributed by atoms with van der Waals surface area (Å²) in [5.74, 6) is 1.40. The normalized spacial score (nSPS) is 17.0. The molecule has 2 saturated heterocycles. The third kappa shape index (κ3) is 6.12. The van der Waals surface area contributed by atoms with E-state index in [1.807, 2.05) is 23.2 Å². The van der Waals surface area contributed by atoms with Gasteiger partial charge in [-0.25, -0.2) is 4.98 Å². The Hall–Kier alpha value is -5.20. The monoisotopic (exact) mass is 596 g/mol. The molecule has 2 amide bonds. The van der Waals surface area contributed by atoms with Gasteiger partial charge in [0.05, 0.1) is 30.0 Å². The first kappa shape index (κ1) is 28.9. The van der Waals surface area contributed by atoms with Gasteiger partial charge in [-0.2, -0.15) is 9.97 Å². The molecular formula is C31H36N10O3. The Labute approximate surface area is 255 Å². The topological polar surface area (TPSA) is 144 Å². The summed E-state index contributed by atoms with van der Waals surface area (Å²) in [7, 11) is 1.79. The Morgan fingerprint density at radius 2 is 1.84 bits per heavy atom. The van der Waals surface area contributed by atoms with E-state index in [4.69, 9.17) is 14.7 Å². The molecule has 2 fully saturated rings. The van der Waals surface area contributed by atoms with Gasteiger partial charge in [0.1, 0.15) is 17.6 Å². The number of rotatable bonds is 8. The van der Waals surface area contributed by atoms with E-state index in [1.165, 1.54) is 6.08 Å². The molecule has 0 saturated carbocycles. The van der Waals surface area contributed by atoms with Gasteiger partial charge >= 0.3 is 0 Å². The molecule has 3 aromatic heterocycles. The van der Waals surface area contributed by atoms with Crippen LogP contribution in [0.15, 0.2) is 55.5 Å². The summed E-state index contributed by atoms with van der Waals surface area (Å²) in [5.41, 5.74) is 3.90. The maximum atomic E-state index is 12.3. The fraction of sp³-hybridized carbons (Fsp3) is 0.355. The van der Waals surface area contributed by atoms with Gasteiger partial charge < -0.3 is 35.1 Å². The number of hydrogen-bond acceptors (Lipinski definition) is 10. The zero-order valence-corrected chi connectivity index (χ0v) is 24.9. The summed E-state index contributed by atoms with van der Waals surface area (Å²) in [6, 6.07) is 8.07. The first-order valence-electron chi connectivity index (χ1n) is 14.8. The third-order valence-corrected chi connectivity index (χ3v) is 8.02. The Morgan fingerprint density at radius 1 is 1.05 bits per heavy atom. The van der Waals surface area contributed by atoms with Gasteiger partial charge in [0.15, 0.2) is 0 Å². The van der Waals surface area contributed by atoms with Crippen LogP contribution in [0.3, 0.4) is 0 Å². The second-order valence-corrected chi connectivity index (χ2v) is 10.9. The fourth-order valence-corrected chi connectivity index (χ4v) is 5.65. The minimum Gasteiger partial charge on any atom is -0.472 e. The molecule has 4 aromatic rings. The van der Waals surface area contributed by atoms with E-state index in [-0.39, 0.29) is 17.9 Å². The van der Waals surface area contributed by atoms with Crippen LogP contribution < -0.4 is 20.3 Å². The van der Waals surface area contributed by atoms with E-state index >= 15 is 0 Å². The molecule has 0 aliphatic carbocycles. The lowest BCUT2D eigenvalue weighted by molar-refractivity contribution is -0.129. The Bertz CT molecular complexity index is 1660. The number of benzene rings is 1. The number of likely N-dealkylation sites (tertiary alicyclic amines) is 1. The molecule has 13 nitrogen and oxygen atoms in total. The van der Waals surface area contributed by atoms with Crippen LogP contribution in [0, 0.1) is 0 Å². The highest BCUT2D eigenvalue weighted by Crippen LogP contribution is 2.35. The molecule has 5 heterocycles. The number of nitrogens with zero attached hydrogens (tertiary/aromatic N) is 7. The SMILES string of the molecule is C=CC(=O)N1CCCC(Oc2nc(Nc3ccc(N4CCN(C(C)=O)CC4)cc3)nc3[nH]cc(-c4cncc(NC)n4)c23)C1. The lowest BCUT2D eigenvalue weighted by atomic mass is 10.1. The number of fused-ring (bicyclic) bond motifs is 1. The van der Waals surface area contributed by atoms with Crippen LogP contribution in [-0.4, -0.2) is 99.0 Å². The third-order valence-electron chi connectivity index (χ3n) is 8.02. The molecular weight excluding hydrogens is 560 g/mol. The van der Waals surface area contributed by atoms with Gasteiger partial charge in [0.2, 0.25) is 23.6 Å². The van der Waals surface area contributed by atoms with Crippen LogP contribution >= 0.6 is 0 Å². The highest BCUT2D eigenvalue weighted by atomic mass is 16.5. The first-order chi connectivity index (χ1) is 21.4. The molecule has 3 N–H and O–H groups in total.